The molecule has 1 heterocycles. The van der Waals surface area contributed by atoms with Gasteiger partial charge >= 0.3 is 0 Å². The van der Waals surface area contributed by atoms with Crippen LogP contribution < -0.4 is 10.6 Å². The Balaban J connectivity index is 2.17. The Labute approximate surface area is 97.8 Å². The highest BCUT2D eigenvalue weighted by Gasteiger charge is 2.18. The standard InChI is InChI=1S/C12H24N2O2/c1-2-10(15)7-9-14-12(16)11-6-4-3-5-8-13-11/h10-11,13,15H,2-9H2,1H3,(H,14,16). The largest absolute Gasteiger partial charge is 0.393 e. The van der Waals surface area contributed by atoms with E-state index in [1.165, 1.54) is 12.8 Å². The minimum Gasteiger partial charge on any atom is -0.393 e. The van der Waals surface area contributed by atoms with Gasteiger partial charge < -0.3 is 15.7 Å². The van der Waals surface area contributed by atoms with Gasteiger partial charge in [-0.1, -0.05) is 19.8 Å². The van der Waals surface area contributed by atoms with Gasteiger partial charge in [0.25, 0.3) is 0 Å². The molecule has 1 fully saturated rings. The molecule has 0 aromatic carbocycles. The van der Waals surface area contributed by atoms with Crippen molar-refractivity contribution >= 4 is 5.91 Å². The first-order valence-electron chi connectivity index (χ1n) is 6.43. The summed E-state index contributed by atoms with van der Waals surface area (Å²) in [5.74, 6) is 0.0882. The summed E-state index contributed by atoms with van der Waals surface area (Å²) in [6.07, 6.45) is 5.54. The molecule has 16 heavy (non-hydrogen) atoms. The third kappa shape index (κ3) is 4.94. The van der Waals surface area contributed by atoms with Gasteiger partial charge in [0.2, 0.25) is 5.91 Å². The number of carbonyl (C=O) groups is 1. The SMILES string of the molecule is CCC(O)CCNC(=O)C1CCCCCN1. The van der Waals surface area contributed by atoms with E-state index in [9.17, 15) is 9.90 Å². The van der Waals surface area contributed by atoms with Crippen LogP contribution in [0.1, 0.15) is 45.4 Å². The van der Waals surface area contributed by atoms with E-state index >= 15 is 0 Å². The molecule has 0 aliphatic carbocycles. The number of amides is 1. The first-order chi connectivity index (χ1) is 7.74. The molecular formula is C12H24N2O2. The molecule has 0 radical (unpaired) electrons. The van der Waals surface area contributed by atoms with Gasteiger partial charge in [-0.3, -0.25) is 4.79 Å². The van der Waals surface area contributed by atoms with Crippen molar-refractivity contribution in [2.45, 2.75) is 57.6 Å². The molecule has 2 unspecified atom stereocenters. The molecule has 3 N–H and O–H groups in total. The lowest BCUT2D eigenvalue weighted by atomic mass is 10.1. The molecule has 1 rings (SSSR count). The predicted molar refractivity (Wildman–Crippen MR) is 64.2 cm³/mol. The van der Waals surface area contributed by atoms with Crippen molar-refractivity contribution < 1.29 is 9.90 Å². The lowest BCUT2D eigenvalue weighted by Gasteiger charge is -2.16. The number of rotatable bonds is 5. The van der Waals surface area contributed by atoms with E-state index in [2.05, 4.69) is 10.6 Å². The van der Waals surface area contributed by atoms with Gasteiger partial charge in [0.05, 0.1) is 12.1 Å². The summed E-state index contributed by atoms with van der Waals surface area (Å²) in [4.78, 5) is 11.8. The average molecular weight is 228 g/mol. The molecule has 1 amide bonds. The second-order valence-electron chi connectivity index (χ2n) is 4.50. The fourth-order valence-corrected chi connectivity index (χ4v) is 1.94. The molecule has 0 spiro atoms. The van der Waals surface area contributed by atoms with Gasteiger partial charge in [-0.05, 0) is 32.2 Å². The lowest BCUT2D eigenvalue weighted by Crippen LogP contribution is -2.44. The van der Waals surface area contributed by atoms with Crippen LogP contribution >= 0.6 is 0 Å². The molecule has 0 aromatic rings. The van der Waals surface area contributed by atoms with E-state index in [1.807, 2.05) is 6.92 Å². The van der Waals surface area contributed by atoms with Gasteiger partial charge in [-0.15, -0.1) is 0 Å². The second-order valence-corrected chi connectivity index (χ2v) is 4.50. The quantitative estimate of drug-likeness (QED) is 0.652. The summed E-state index contributed by atoms with van der Waals surface area (Å²) >= 11 is 0. The Morgan fingerprint density at radius 3 is 3.06 bits per heavy atom. The Bertz CT molecular complexity index is 201. The van der Waals surface area contributed by atoms with Crippen LogP contribution in [0.25, 0.3) is 0 Å². The Kier molecular flexibility index (Phi) is 6.42. The third-order valence-electron chi connectivity index (χ3n) is 3.12. The predicted octanol–water partition coefficient (Wildman–Crippen LogP) is 0.796. The maximum atomic E-state index is 11.8. The number of nitrogens with one attached hydrogen (secondary N) is 2. The van der Waals surface area contributed by atoms with Crippen LogP contribution in [0, 0.1) is 0 Å². The maximum Gasteiger partial charge on any atom is 0.237 e. The number of hydrogen-bond acceptors (Lipinski definition) is 3. The van der Waals surface area contributed by atoms with Crippen molar-refractivity contribution in [3.05, 3.63) is 0 Å². The van der Waals surface area contributed by atoms with Crippen LogP contribution in [0.4, 0.5) is 0 Å². The van der Waals surface area contributed by atoms with Crippen LogP contribution in [0.5, 0.6) is 0 Å². The molecule has 0 aromatic heterocycles. The fourth-order valence-electron chi connectivity index (χ4n) is 1.94. The zero-order valence-electron chi connectivity index (χ0n) is 10.2. The van der Waals surface area contributed by atoms with E-state index in [0.29, 0.717) is 13.0 Å². The molecule has 4 heteroatoms. The van der Waals surface area contributed by atoms with Crippen LogP contribution in [-0.4, -0.2) is 36.2 Å². The Morgan fingerprint density at radius 2 is 2.31 bits per heavy atom. The van der Waals surface area contributed by atoms with Crippen molar-refractivity contribution in [2.24, 2.45) is 0 Å². The zero-order valence-corrected chi connectivity index (χ0v) is 10.2. The molecule has 1 aliphatic heterocycles. The highest BCUT2D eigenvalue weighted by Crippen LogP contribution is 2.08. The molecule has 0 bridgehead atoms. The second kappa shape index (κ2) is 7.63. The summed E-state index contributed by atoms with van der Waals surface area (Å²) < 4.78 is 0. The van der Waals surface area contributed by atoms with Crippen molar-refractivity contribution in [1.82, 2.24) is 10.6 Å². The molecular weight excluding hydrogens is 204 g/mol. The number of aliphatic hydroxyl groups excluding tert-OH is 1. The maximum absolute atomic E-state index is 11.8. The minimum absolute atomic E-state index is 0.0266. The summed E-state index contributed by atoms with van der Waals surface area (Å²) in [6.45, 7) is 3.46. The van der Waals surface area contributed by atoms with Crippen LogP contribution in [-0.2, 0) is 4.79 Å². The van der Waals surface area contributed by atoms with Gasteiger partial charge in [0, 0.05) is 6.54 Å². The Morgan fingerprint density at radius 1 is 1.50 bits per heavy atom. The minimum atomic E-state index is -0.289. The molecule has 94 valence electrons. The van der Waals surface area contributed by atoms with Crippen molar-refractivity contribution in [3.8, 4) is 0 Å². The molecule has 1 saturated heterocycles. The topological polar surface area (TPSA) is 61.4 Å². The first-order valence-corrected chi connectivity index (χ1v) is 6.43. The van der Waals surface area contributed by atoms with E-state index in [0.717, 1.165) is 25.8 Å². The van der Waals surface area contributed by atoms with E-state index in [4.69, 9.17) is 0 Å². The van der Waals surface area contributed by atoms with E-state index < -0.39 is 0 Å². The third-order valence-corrected chi connectivity index (χ3v) is 3.12. The molecule has 4 nitrogen and oxygen atoms in total. The highest BCUT2D eigenvalue weighted by atomic mass is 16.3. The fraction of sp³-hybridized carbons (Fsp3) is 0.917. The van der Waals surface area contributed by atoms with Crippen LogP contribution in [0.3, 0.4) is 0 Å². The van der Waals surface area contributed by atoms with Gasteiger partial charge in [-0.25, -0.2) is 0 Å². The number of hydrogen-bond donors (Lipinski definition) is 3. The molecule has 2 atom stereocenters. The first kappa shape index (κ1) is 13.5. The number of aliphatic hydroxyl groups is 1. The number of carbonyl (C=O) groups excluding carboxylic acids is 1. The summed E-state index contributed by atoms with van der Waals surface area (Å²) in [5, 5.41) is 15.5. The monoisotopic (exact) mass is 228 g/mol. The normalized spacial score (nSPS) is 23.5. The van der Waals surface area contributed by atoms with Crippen molar-refractivity contribution in [2.75, 3.05) is 13.1 Å². The van der Waals surface area contributed by atoms with Gasteiger partial charge in [0.15, 0.2) is 0 Å². The zero-order chi connectivity index (χ0) is 11.8. The van der Waals surface area contributed by atoms with E-state index in [1.54, 1.807) is 0 Å². The van der Waals surface area contributed by atoms with Crippen molar-refractivity contribution in [3.63, 3.8) is 0 Å². The van der Waals surface area contributed by atoms with Crippen LogP contribution in [0.2, 0.25) is 0 Å². The van der Waals surface area contributed by atoms with Crippen molar-refractivity contribution in [1.29, 1.82) is 0 Å². The van der Waals surface area contributed by atoms with Gasteiger partial charge in [-0.2, -0.15) is 0 Å². The summed E-state index contributed by atoms with van der Waals surface area (Å²) in [6, 6.07) is -0.0266. The van der Waals surface area contributed by atoms with E-state index in [-0.39, 0.29) is 18.1 Å². The lowest BCUT2D eigenvalue weighted by molar-refractivity contribution is -0.123. The summed E-state index contributed by atoms with van der Waals surface area (Å²) in [5.41, 5.74) is 0. The van der Waals surface area contributed by atoms with Gasteiger partial charge in [0.1, 0.15) is 0 Å². The van der Waals surface area contributed by atoms with Crippen LogP contribution in [0.15, 0.2) is 0 Å². The summed E-state index contributed by atoms with van der Waals surface area (Å²) in [7, 11) is 0. The smallest absolute Gasteiger partial charge is 0.237 e. The average Bonchev–Trinajstić information content (AvgIpc) is 2.57. The Hall–Kier alpha value is -0.610. The molecule has 0 saturated carbocycles. The highest BCUT2D eigenvalue weighted by molar-refractivity contribution is 5.81. The molecule has 1 aliphatic rings.